The molecular weight excluding hydrogens is 290 g/mol. The van der Waals surface area contributed by atoms with Gasteiger partial charge in [0.1, 0.15) is 11.8 Å². The fourth-order valence-corrected chi connectivity index (χ4v) is 2.77. The predicted molar refractivity (Wildman–Crippen MR) is 87.3 cm³/mol. The summed E-state index contributed by atoms with van der Waals surface area (Å²) >= 11 is 0. The molecule has 1 fully saturated rings. The van der Waals surface area contributed by atoms with Crippen molar-refractivity contribution in [3.8, 4) is 11.8 Å². The number of aromatic nitrogens is 1. The second-order valence-electron chi connectivity index (χ2n) is 6.10. The summed E-state index contributed by atoms with van der Waals surface area (Å²) in [4.78, 5) is 6.39. The summed E-state index contributed by atoms with van der Waals surface area (Å²) in [5, 5.41) is 9.30. The third-order valence-electron chi connectivity index (χ3n) is 4.28. The molecule has 5 nitrogen and oxygen atoms in total. The molecule has 1 aliphatic heterocycles. The maximum Gasteiger partial charge on any atom is 0.236 e. The van der Waals surface area contributed by atoms with Gasteiger partial charge in [-0.25, -0.2) is 0 Å². The van der Waals surface area contributed by atoms with E-state index < -0.39 is 0 Å². The molecule has 0 spiro atoms. The molecule has 0 atom stereocenters. The van der Waals surface area contributed by atoms with Gasteiger partial charge in [0.05, 0.1) is 0 Å². The Morgan fingerprint density at radius 1 is 1.35 bits per heavy atom. The van der Waals surface area contributed by atoms with Crippen molar-refractivity contribution in [1.82, 2.24) is 4.98 Å². The largest absolute Gasteiger partial charge is 0.484 e. The molecule has 120 valence electrons. The molecule has 0 unspecified atom stereocenters. The van der Waals surface area contributed by atoms with Gasteiger partial charge >= 0.3 is 0 Å². The van der Waals surface area contributed by atoms with Crippen LogP contribution in [-0.2, 0) is 6.61 Å². The van der Waals surface area contributed by atoms with Crippen LogP contribution in [0.5, 0.6) is 5.75 Å². The van der Waals surface area contributed by atoms with E-state index in [9.17, 15) is 5.26 Å². The number of piperidine rings is 1. The number of hydrogen-bond acceptors (Lipinski definition) is 5. The second-order valence-corrected chi connectivity index (χ2v) is 6.10. The SMILES string of the molecule is Cc1ccccc1OCc1nc(C#N)c(N2CCC(C)CC2)o1. The fourth-order valence-electron chi connectivity index (χ4n) is 2.77. The van der Waals surface area contributed by atoms with E-state index in [0.29, 0.717) is 17.5 Å². The number of anilines is 1. The Labute approximate surface area is 136 Å². The van der Waals surface area contributed by atoms with Crippen LogP contribution in [0, 0.1) is 24.2 Å². The molecule has 2 aromatic rings. The average Bonchev–Trinajstić information content (AvgIpc) is 2.98. The number of oxazole rings is 1. The summed E-state index contributed by atoms with van der Waals surface area (Å²) in [7, 11) is 0. The molecule has 0 N–H and O–H groups in total. The van der Waals surface area contributed by atoms with E-state index in [1.54, 1.807) is 0 Å². The summed E-state index contributed by atoms with van der Waals surface area (Å²) in [6.45, 7) is 6.28. The lowest BCUT2D eigenvalue weighted by atomic mass is 9.99. The number of rotatable bonds is 4. The zero-order chi connectivity index (χ0) is 16.2. The third kappa shape index (κ3) is 3.48. The molecule has 0 bridgehead atoms. The van der Waals surface area contributed by atoms with Crippen LogP contribution in [0.25, 0.3) is 0 Å². The number of ether oxygens (including phenoxy) is 1. The Hall–Kier alpha value is -2.48. The van der Waals surface area contributed by atoms with E-state index in [0.717, 1.165) is 43.2 Å². The van der Waals surface area contributed by atoms with Crippen molar-refractivity contribution >= 4 is 5.88 Å². The molecule has 3 rings (SSSR count). The Morgan fingerprint density at radius 3 is 2.78 bits per heavy atom. The van der Waals surface area contributed by atoms with Crippen molar-refractivity contribution in [2.45, 2.75) is 33.3 Å². The summed E-state index contributed by atoms with van der Waals surface area (Å²) < 4.78 is 11.6. The van der Waals surface area contributed by atoms with Gasteiger partial charge < -0.3 is 14.1 Å². The van der Waals surface area contributed by atoms with Crippen molar-refractivity contribution in [2.75, 3.05) is 18.0 Å². The van der Waals surface area contributed by atoms with Gasteiger partial charge in [0.25, 0.3) is 0 Å². The standard InChI is InChI=1S/C18H21N3O2/c1-13-7-9-21(10-8-13)18-15(11-19)20-17(23-18)12-22-16-6-4-3-5-14(16)2/h3-6,13H,7-10,12H2,1-2H3. The molecule has 1 aliphatic rings. The van der Waals surface area contributed by atoms with Crippen LogP contribution in [-0.4, -0.2) is 18.1 Å². The molecule has 0 amide bonds. The van der Waals surface area contributed by atoms with Gasteiger partial charge in [-0.2, -0.15) is 10.2 Å². The number of para-hydroxylation sites is 1. The highest BCUT2D eigenvalue weighted by atomic mass is 16.5. The molecule has 5 heteroatoms. The van der Waals surface area contributed by atoms with Gasteiger partial charge in [0.2, 0.25) is 17.5 Å². The lowest BCUT2D eigenvalue weighted by molar-refractivity contribution is 0.261. The van der Waals surface area contributed by atoms with Gasteiger partial charge in [0.15, 0.2) is 6.61 Å². The zero-order valence-corrected chi connectivity index (χ0v) is 13.6. The number of benzene rings is 1. The van der Waals surface area contributed by atoms with E-state index in [2.05, 4.69) is 22.9 Å². The minimum atomic E-state index is 0.226. The van der Waals surface area contributed by atoms with E-state index in [1.165, 1.54) is 0 Å². The predicted octanol–water partition coefficient (Wildman–Crippen LogP) is 3.67. The minimum absolute atomic E-state index is 0.226. The Kier molecular flexibility index (Phi) is 4.52. The van der Waals surface area contributed by atoms with Crippen molar-refractivity contribution in [3.63, 3.8) is 0 Å². The van der Waals surface area contributed by atoms with Crippen LogP contribution in [0.1, 0.15) is 36.9 Å². The van der Waals surface area contributed by atoms with E-state index in [1.807, 2.05) is 31.2 Å². The molecule has 1 aromatic carbocycles. The summed E-state index contributed by atoms with van der Waals surface area (Å²) in [5.41, 5.74) is 1.41. The van der Waals surface area contributed by atoms with E-state index >= 15 is 0 Å². The Bertz CT molecular complexity index is 709. The topological polar surface area (TPSA) is 62.3 Å². The first-order valence-electron chi connectivity index (χ1n) is 8.00. The monoisotopic (exact) mass is 311 g/mol. The van der Waals surface area contributed by atoms with Crippen LogP contribution in [0.15, 0.2) is 28.7 Å². The van der Waals surface area contributed by atoms with Crippen molar-refractivity contribution < 1.29 is 9.15 Å². The fraction of sp³-hybridized carbons (Fsp3) is 0.444. The third-order valence-corrected chi connectivity index (χ3v) is 4.28. The van der Waals surface area contributed by atoms with Crippen LogP contribution < -0.4 is 9.64 Å². The maximum atomic E-state index is 9.30. The number of aryl methyl sites for hydroxylation is 1. The highest BCUT2D eigenvalue weighted by Crippen LogP contribution is 2.27. The normalized spacial score (nSPS) is 15.4. The van der Waals surface area contributed by atoms with E-state index in [-0.39, 0.29) is 6.61 Å². The minimum Gasteiger partial charge on any atom is -0.484 e. The second kappa shape index (κ2) is 6.74. The van der Waals surface area contributed by atoms with E-state index in [4.69, 9.17) is 9.15 Å². The Balaban J connectivity index is 1.72. The van der Waals surface area contributed by atoms with Crippen LogP contribution >= 0.6 is 0 Å². The molecule has 2 heterocycles. The smallest absolute Gasteiger partial charge is 0.236 e. The quantitative estimate of drug-likeness (QED) is 0.862. The first kappa shape index (κ1) is 15.4. The van der Waals surface area contributed by atoms with Gasteiger partial charge in [-0.05, 0) is 37.3 Å². The van der Waals surface area contributed by atoms with Crippen molar-refractivity contribution in [1.29, 1.82) is 5.26 Å². The molecule has 0 aliphatic carbocycles. The maximum absolute atomic E-state index is 9.30. The lowest BCUT2D eigenvalue weighted by Crippen LogP contribution is -2.32. The Morgan fingerprint density at radius 2 is 2.09 bits per heavy atom. The summed E-state index contributed by atoms with van der Waals surface area (Å²) in [5.74, 6) is 2.56. The molecule has 1 saturated heterocycles. The summed E-state index contributed by atoms with van der Waals surface area (Å²) in [6.07, 6.45) is 2.22. The van der Waals surface area contributed by atoms with Gasteiger partial charge in [-0.3, -0.25) is 0 Å². The molecule has 0 saturated carbocycles. The van der Waals surface area contributed by atoms with Gasteiger partial charge in [-0.15, -0.1) is 0 Å². The van der Waals surface area contributed by atoms with Gasteiger partial charge in [0, 0.05) is 13.1 Å². The van der Waals surface area contributed by atoms with Crippen molar-refractivity contribution in [3.05, 3.63) is 41.4 Å². The number of nitriles is 1. The van der Waals surface area contributed by atoms with Crippen LogP contribution in [0.3, 0.4) is 0 Å². The number of nitrogens with zero attached hydrogens (tertiary/aromatic N) is 3. The number of hydrogen-bond donors (Lipinski definition) is 0. The van der Waals surface area contributed by atoms with Crippen LogP contribution in [0.2, 0.25) is 0 Å². The van der Waals surface area contributed by atoms with Crippen LogP contribution in [0.4, 0.5) is 5.88 Å². The first-order valence-corrected chi connectivity index (χ1v) is 8.00. The molecule has 0 radical (unpaired) electrons. The highest BCUT2D eigenvalue weighted by molar-refractivity contribution is 5.48. The van der Waals surface area contributed by atoms with Gasteiger partial charge in [-0.1, -0.05) is 25.1 Å². The van der Waals surface area contributed by atoms with Crippen molar-refractivity contribution in [2.24, 2.45) is 5.92 Å². The highest BCUT2D eigenvalue weighted by Gasteiger charge is 2.23. The molecular formula is C18H21N3O2. The first-order chi connectivity index (χ1) is 11.2. The zero-order valence-electron chi connectivity index (χ0n) is 13.6. The summed E-state index contributed by atoms with van der Waals surface area (Å²) in [6, 6.07) is 9.94. The molecule has 23 heavy (non-hydrogen) atoms. The molecule has 1 aromatic heterocycles. The average molecular weight is 311 g/mol. The lowest BCUT2D eigenvalue weighted by Gasteiger charge is -2.29.